The van der Waals surface area contributed by atoms with E-state index in [9.17, 15) is 21.6 Å². The van der Waals surface area contributed by atoms with Crippen LogP contribution < -0.4 is 4.74 Å². The van der Waals surface area contributed by atoms with Gasteiger partial charge in [-0.2, -0.15) is 13.2 Å². The molecular formula is C22H14F3N3O3S2. The van der Waals surface area contributed by atoms with Crippen LogP contribution >= 0.6 is 11.3 Å². The zero-order valence-corrected chi connectivity index (χ0v) is 18.6. The summed E-state index contributed by atoms with van der Waals surface area (Å²) in [5, 5.41) is 2.84. The molecule has 0 fully saturated rings. The van der Waals surface area contributed by atoms with Gasteiger partial charge in [-0.05, 0) is 41.1 Å². The van der Waals surface area contributed by atoms with E-state index >= 15 is 0 Å². The normalized spacial score (nSPS) is 12.0. The van der Waals surface area contributed by atoms with Gasteiger partial charge in [0.1, 0.15) is 16.5 Å². The van der Waals surface area contributed by atoms with Crippen LogP contribution in [0.3, 0.4) is 0 Å². The number of pyridine rings is 1. The van der Waals surface area contributed by atoms with Crippen LogP contribution in [0, 0.1) is 6.57 Å². The van der Waals surface area contributed by atoms with Gasteiger partial charge in [-0.25, -0.2) is 18.2 Å². The van der Waals surface area contributed by atoms with Gasteiger partial charge in [0, 0.05) is 23.3 Å². The first-order chi connectivity index (χ1) is 15.6. The molecule has 0 aliphatic heterocycles. The number of hydrogen-bond donors (Lipinski definition) is 0. The summed E-state index contributed by atoms with van der Waals surface area (Å²) in [4.78, 5) is 11.7. The highest BCUT2D eigenvalue weighted by molar-refractivity contribution is 7.90. The number of halogens is 3. The van der Waals surface area contributed by atoms with Crippen LogP contribution in [0.15, 0.2) is 59.1 Å². The molecule has 0 radical (unpaired) electrons. The summed E-state index contributed by atoms with van der Waals surface area (Å²) < 4.78 is 70.3. The SMILES string of the molecule is [C-]#[N+]c1cnc(-c2ccc(C(F)(F)F)cc2OC)c2ccc(S(=O)(=O)Cc3nccs3)cc12. The van der Waals surface area contributed by atoms with E-state index in [2.05, 4.69) is 14.8 Å². The summed E-state index contributed by atoms with van der Waals surface area (Å²) in [6.45, 7) is 7.44. The molecule has 11 heteroatoms. The minimum absolute atomic E-state index is 0.00614. The summed E-state index contributed by atoms with van der Waals surface area (Å²) in [5.41, 5.74) is -0.205. The molecule has 0 saturated heterocycles. The zero-order chi connectivity index (χ0) is 23.8. The quantitative estimate of drug-likeness (QED) is 0.326. The molecule has 0 aliphatic rings. The summed E-state index contributed by atoms with van der Waals surface area (Å²) in [6.07, 6.45) is -1.77. The van der Waals surface area contributed by atoms with Crippen LogP contribution in [0.25, 0.3) is 26.9 Å². The van der Waals surface area contributed by atoms with Crippen LogP contribution in [0.2, 0.25) is 0 Å². The Labute approximate surface area is 191 Å². The average molecular weight is 490 g/mol. The number of fused-ring (bicyclic) bond motifs is 1. The molecule has 4 rings (SSSR count). The fourth-order valence-electron chi connectivity index (χ4n) is 3.34. The molecule has 0 saturated carbocycles. The largest absolute Gasteiger partial charge is 0.496 e. The van der Waals surface area contributed by atoms with Gasteiger partial charge >= 0.3 is 6.18 Å². The summed E-state index contributed by atoms with van der Waals surface area (Å²) >= 11 is 1.22. The second-order valence-corrected chi connectivity index (χ2v) is 9.88. The number of hydrogen-bond acceptors (Lipinski definition) is 6. The lowest BCUT2D eigenvalue weighted by Gasteiger charge is -2.15. The van der Waals surface area contributed by atoms with Crippen molar-refractivity contribution in [3.63, 3.8) is 0 Å². The van der Waals surface area contributed by atoms with Gasteiger partial charge < -0.3 is 4.74 Å². The lowest BCUT2D eigenvalue weighted by Crippen LogP contribution is -2.06. The molecule has 0 N–H and O–H groups in total. The molecule has 2 aromatic carbocycles. The maximum atomic E-state index is 13.1. The highest BCUT2D eigenvalue weighted by atomic mass is 32.2. The van der Waals surface area contributed by atoms with Crippen molar-refractivity contribution in [1.29, 1.82) is 0 Å². The Balaban J connectivity index is 1.88. The van der Waals surface area contributed by atoms with E-state index in [1.807, 2.05) is 0 Å². The van der Waals surface area contributed by atoms with Gasteiger partial charge in [-0.15, -0.1) is 11.3 Å². The maximum Gasteiger partial charge on any atom is 0.416 e. The number of rotatable bonds is 5. The van der Waals surface area contributed by atoms with Crippen LogP contribution in [0.4, 0.5) is 18.9 Å². The number of ether oxygens (including phenoxy) is 1. The topological polar surface area (TPSA) is 73.5 Å². The van der Waals surface area contributed by atoms with Crippen molar-refractivity contribution in [1.82, 2.24) is 9.97 Å². The van der Waals surface area contributed by atoms with Crippen molar-refractivity contribution in [3.8, 4) is 17.0 Å². The minimum Gasteiger partial charge on any atom is -0.496 e. The molecule has 2 heterocycles. The van der Waals surface area contributed by atoms with Crippen molar-refractivity contribution < 1.29 is 26.3 Å². The molecule has 6 nitrogen and oxygen atoms in total. The van der Waals surface area contributed by atoms with E-state index in [1.54, 1.807) is 5.38 Å². The van der Waals surface area contributed by atoms with Crippen molar-refractivity contribution in [2.75, 3.05) is 7.11 Å². The monoisotopic (exact) mass is 489 g/mol. The van der Waals surface area contributed by atoms with Gasteiger partial charge in [0.05, 0.1) is 29.8 Å². The number of alkyl halides is 3. The van der Waals surface area contributed by atoms with Gasteiger partial charge in [-0.1, -0.05) is 6.07 Å². The van der Waals surface area contributed by atoms with Crippen molar-refractivity contribution >= 4 is 37.6 Å². The van der Waals surface area contributed by atoms with E-state index in [-0.39, 0.29) is 33.3 Å². The van der Waals surface area contributed by atoms with E-state index in [0.29, 0.717) is 15.8 Å². The Morgan fingerprint density at radius 2 is 1.91 bits per heavy atom. The third-order valence-corrected chi connectivity index (χ3v) is 7.49. The Hall–Kier alpha value is -3.49. The molecule has 33 heavy (non-hydrogen) atoms. The highest BCUT2D eigenvalue weighted by Gasteiger charge is 2.31. The summed E-state index contributed by atoms with van der Waals surface area (Å²) in [7, 11) is -2.49. The molecule has 4 aromatic rings. The van der Waals surface area contributed by atoms with E-state index in [0.717, 1.165) is 12.1 Å². The van der Waals surface area contributed by atoms with Crippen LogP contribution in [-0.4, -0.2) is 25.5 Å². The van der Waals surface area contributed by atoms with Crippen molar-refractivity contribution in [3.05, 3.63) is 76.2 Å². The Kier molecular flexibility index (Phi) is 5.82. The first-order valence-electron chi connectivity index (χ1n) is 9.31. The van der Waals surface area contributed by atoms with Gasteiger partial charge in [-0.3, -0.25) is 4.98 Å². The number of methoxy groups -OCH3 is 1. The zero-order valence-electron chi connectivity index (χ0n) is 16.9. The highest BCUT2D eigenvalue weighted by Crippen LogP contribution is 2.40. The average Bonchev–Trinajstić information content (AvgIpc) is 3.29. The number of sulfone groups is 1. The molecule has 0 amide bonds. The van der Waals surface area contributed by atoms with Gasteiger partial charge in [0.15, 0.2) is 9.84 Å². The van der Waals surface area contributed by atoms with E-state index in [4.69, 9.17) is 11.3 Å². The van der Waals surface area contributed by atoms with Gasteiger partial charge in [0.2, 0.25) is 5.69 Å². The molecule has 0 bridgehead atoms. The fraction of sp³-hybridized carbons (Fsp3) is 0.136. The number of aromatic nitrogens is 2. The van der Waals surface area contributed by atoms with E-state index in [1.165, 1.54) is 55.1 Å². The molecule has 0 aliphatic carbocycles. The number of benzene rings is 2. The van der Waals surface area contributed by atoms with Crippen LogP contribution in [-0.2, 0) is 21.8 Å². The fourth-order valence-corrected chi connectivity index (χ4v) is 5.61. The maximum absolute atomic E-state index is 13.1. The second-order valence-electron chi connectivity index (χ2n) is 6.91. The van der Waals surface area contributed by atoms with Crippen LogP contribution in [0.1, 0.15) is 10.6 Å². The molecule has 168 valence electrons. The predicted octanol–water partition coefficient (Wildman–Crippen LogP) is 5.91. The number of nitrogens with zero attached hydrogens (tertiary/aromatic N) is 3. The first-order valence-corrected chi connectivity index (χ1v) is 11.8. The lowest BCUT2D eigenvalue weighted by molar-refractivity contribution is -0.137. The molecule has 2 aromatic heterocycles. The molecule has 0 spiro atoms. The van der Waals surface area contributed by atoms with Crippen molar-refractivity contribution in [2.45, 2.75) is 16.8 Å². The summed E-state index contributed by atoms with van der Waals surface area (Å²) in [6, 6.07) is 7.31. The predicted molar refractivity (Wildman–Crippen MR) is 118 cm³/mol. The minimum atomic E-state index is -4.55. The summed E-state index contributed by atoms with van der Waals surface area (Å²) in [5.74, 6) is -0.330. The molecule has 0 atom stereocenters. The Bertz CT molecular complexity index is 1490. The second kappa shape index (κ2) is 8.46. The molecule has 0 unspecified atom stereocenters. The lowest BCUT2D eigenvalue weighted by atomic mass is 10.0. The van der Waals surface area contributed by atoms with E-state index < -0.39 is 21.6 Å². The third-order valence-electron chi connectivity index (χ3n) is 4.90. The Morgan fingerprint density at radius 1 is 1.12 bits per heavy atom. The smallest absolute Gasteiger partial charge is 0.416 e. The van der Waals surface area contributed by atoms with Gasteiger partial charge in [0.25, 0.3) is 0 Å². The van der Waals surface area contributed by atoms with Crippen molar-refractivity contribution in [2.24, 2.45) is 0 Å². The standard InChI is InChI=1S/C22H14F3N3O3S2/c1-26-18-11-28-21(16-5-3-13(22(23,24)25)9-19(16)31-2)15-6-4-14(10-17(15)18)33(29,30)12-20-27-7-8-32-20/h3-11H,12H2,2H3. The van der Waals surface area contributed by atoms with Crippen LogP contribution in [0.5, 0.6) is 5.75 Å². The molecular weight excluding hydrogens is 475 g/mol. The Morgan fingerprint density at radius 3 is 2.55 bits per heavy atom. The number of thiazole rings is 1. The first kappa shape index (κ1) is 22.7. The third kappa shape index (κ3) is 4.40.